The van der Waals surface area contributed by atoms with E-state index < -0.39 is 0 Å². The Hall–Kier alpha value is 0.0295. The monoisotopic (exact) mass is 436 g/mol. The summed E-state index contributed by atoms with van der Waals surface area (Å²) < 4.78 is 0. The second-order valence-electron chi connectivity index (χ2n) is 3.78. The molecule has 2 aromatic rings. The van der Waals surface area contributed by atoms with Crippen LogP contribution in [0.3, 0.4) is 0 Å². The molecular weight excluding hydrogens is 421 g/mol. The maximum absolute atomic E-state index is 8.00. The van der Waals surface area contributed by atoms with E-state index in [-0.39, 0.29) is 42.0 Å². The van der Waals surface area contributed by atoms with Gasteiger partial charge in [-0.15, -0.1) is 17.7 Å². The van der Waals surface area contributed by atoms with E-state index in [1.165, 1.54) is 11.1 Å². The number of nitrogens with zero attached hydrogens (tertiary/aromatic N) is 1. The van der Waals surface area contributed by atoms with Crippen molar-refractivity contribution in [3.05, 3.63) is 74.8 Å². The summed E-state index contributed by atoms with van der Waals surface area (Å²) >= 11 is 9.27. The molecule has 2 rings (SSSR count). The number of hydrogen-bond acceptors (Lipinski definition) is 4. The van der Waals surface area contributed by atoms with Gasteiger partial charge < -0.3 is 15.8 Å². The van der Waals surface area contributed by atoms with Crippen molar-refractivity contribution in [2.24, 2.45) is 5.34 Å². The number of benzene rings is 2. The molecule has 4 nitrogen and oxygen atoms in total. The molecule has 0 fully saturated rings. The van der Waals surface area contributed by atoms with Crippen LogP contribution in [0.5, 0.6) is 0 Å². The zero-order valence-electron chi connectivity index (χ0n) is 12.9. The Kier molecular flexibility index (Phi) is 29.6. The third kappa shape index (κ3) is 22.0. The topological polar surface area (TPSA) is 78.5 Å². The van der Waals surface area contributed by atoms with Gasteiger partial charge in [-0.3, -0.25) is 0 Å². The number of nitrogens with two attached hydrogens (primary N) is 1. The Bertz CT molecular complexity index is 403. The molecule has 0 atom stereocenters. The molecule has 23 heavy (non-hydrogen) atoms. The molecule has 2 N–H and O–H groups in total. The molecule has 0 radical (unpaired) electrons. The number of nitrogen functional groups attached to an aromatic ring is 1. The van der Waals surface area contributed by atoms with Gasteiger partial charge in [-0.1, -0.05) is 47.0 Å². The zero-order valence-corrected chi connectivity index (χ0v) is 18.2. The van der Waals surface area contributed by atoms with E-state index in [1.54, 1.807) is 0 Å². The van der Waals surface area contributed by atoms with Crippen molar-refractivity contribution in [3.63, 3.8) is 0 Å². The maximum atomic E-state index is 8.00. The fourth-order valence-corrected chi connectivity index (χ4v) is 1.23. The first-order valence-electron chi connectivity index (χ1n) is 5.60. The molecule has 9 heteroatoms. The fourth-order valence-electron chi connectivity index (χ4n) is 1.10. The SMILES string of the molecule is Cc1ccc(Cl)cc1.Cc1ccc(N)cc1.Cl.O=N[O-].[Cl][Cu].[Na+]. The normalized spacial score (nSPS) is 7.22. The van der Waals surface area contributed by atoms with Gasteiger partial charge in [0.15, 0.2) is 0 Å². The van der Waals surface area contributed by atoms with Crippen molar-refractivity contribution >= 4 is 39.8 Å². The van der Waals surface area contributed by atoms with Crippen molar-refractivity contribution in [2.45, 2.75) is 13.8 Å². The van der Waals surface area contributed by atoms with Crippen molar-refractivity contribution in [2.75, 3.05) is 5.73 Å². The van der Waals surface area contributed by atoms with Crippen molar-refractivity contribution in [1.29, 1.82) is 0 Å². The summed E-state index contributed by atoms with van der Waals surface area (Å²) in [7, 11) is 4.20. The van der Waals surface area contributed by atoms with Gasteiger partial charge in [0, 0.05) is 10.7 Å². The molecular formula is C14H17Cl3CuN2NaO2. The third-order valence-electron chi connectivity index (χ3n) is 2.09. The first kappa shape index (κ1) is 30.9. The summed E-state index contributed by atoms with van der Waals surface area (Å²) in [6.07, 6.45) is 0. The molecule has 128 valence electrons. The van der Waals surface area contributed by atoms with Crippen LogP contribution < -0.4 is 35.3 Å². The summed E-state index contributed by atoms with van der Waals surface area (Å²) in [5, 5.41) is 9.80. The number of hydrogen-bond donors (Lipinski definition) is 1. The molecule has 0 heterocycles. The van der Waals surface area contributed by atoms with Gasteiger partial charge in [-0.2, -0.15) is 0 Å². The summed E-state index contributed by atoms with van der Waals surface area (Å²) in [5.41, 5.74) is 8.75. The standard InChI is InChI=1S/C7H7Cl.C7H9N.2ClH.Cu.HNO2.Na/c2*1-6-2-4-7(8)5-3-6;;;;2-1-3;/h2-5H,1H3;2-5H,8H2,1H3;2*1H;;(H,2,3);/q;;;;+1;;+1/p-2. The summed E-state index contributed by atoms with van der Waals surface area (Å²) in [6, 6.07) is 15.5. The van der Waals surface area contributed by atoms with Gasteiger partial charge in [0.1, 0.15) is 0 Å². The largest absolute Gasteiger partial charge is 1.00 e. The Morgan fingerprint density at radius 2 is 1.22 bits per heavy atom. The number of halogens is 3. The van der Waals surface area contributed by atoms with Gasteiger partial charge in [-0.05, 0) is 38.1 Å². The van der Waals surface area contributed by atoms with Crippen LogP contribution in [0.1, 0.15) is 11.1 Å². The van der Waals surface area contributed by atoms with Crippen LogP contribution in [-0.2, 0) is 15.1 Å². The Labute approximate surface area is 182 Å². The molecule has 0 unspecified atom stereocenters. The van der Waals surface area contributed by atoms with Crippen LogP contribution in [-0.4, -0.2) is 0 Å². The van der Waals surface area contributed by atoms with Crippen LogP contribution in [0.15, 0.2) is 53.9 Å². The van der Waals surface area contributed by atoms with E-state index in [4.69, 9.17) is 27.4 Å². The van der Waals surface area contributed by atoms with Gasteiger partial charge >= 0.3 is 54.8 Å². The minimum atomic E-state index is 0. The summed E-state index contributed by atoms with van der Waals surface area (Å²) in [5.74, 6) is 0. The molecule has 0 amide bonds. The smallest absolute Gasteiger partial charge is 1.00 e. The van der Waals surface area contributed by atoms with Crippen molar-refractivity contribution < 1.29 is 44.7 Å². The molecule has 0 aliphatic heterocycles. The van der Waals surface area contributed by atoms with E-state index in [0.717, 1.165) is 16.1 Å². The third-order valence-corrected chi connectivity index (χ3v) is 2.34. The number of anilines is 1. The number of rotatable bonds is 0. The summed E-state index contributed by atoms with van der Waals surface area (Å²) in [6.45, 7) is 4.08. The predicted octanol–water partition coefficient (Wildman–Crippen LogP) is 2.59. The Morgan fingerprint density at radius 3 is 1.43 bits per heavy atom. The van der Waals surface area contributed by atoms with Crippen LogP contribution in [0, 0.1) is 24.0 Å². The molecule has 0 saturated carbocycles. The summed E-state index contributed by atoms with van der Waals surface area (Å²) in [4.78, 5) is 8.00. The fraction of sp³-hybridized carbons (Fsp3) is 0.143. The van der Waals surface area contributed by atoms with Crippen molar-refractivity contribution in [3.8, 4) is 0 Å². The number of aryl methyl sites for hydroxylation is 2. The molecule has 0 aliphatic rings. The molecule has 0 saturated heterocycles. The molecule has 0 aromatic heterocycles. The van der Waals surface area contributed by atoms with Gasteiger partial charge in [0.05, 0.1) is 0 Å². The van der Waals surface area contributed by atoms with Gasteiger partial charge in [0.2, 0.25) is 0 Å². The van der Waals surface area contributed by atoms with Crippen molar-refractivity contribution in [1.82, 2.24) is 0 Å². The van der Waals surface area contributed by atoms with Gasteiger partial charge in [-0.25, -0.2) is 0 Å². The van der Waals surface area contributed by atoms with Crippen LogP contribution in [0.25, 0.3) is 0 Å². The van der Waals surface area contributed by atoms with E-state index >= 15 is 0 Å². The zero-order chi connectivity index (χ0) is 16.7. The van der Waals surface area contributed by atoms with E-state index in [2.05, 4.69) is 25.2 Å². The van der Waals surface area contributed by atoms with E-state index in [1.807, 2.05) is 62.4 Å². The second-order valence-corrected chi connectivity index (χ2v) is 4.22. The van der Waals surface area contributed by atoms with Crippen LogP contribution in [0.4, 0.5) is 5.69 Å². The quantitative estimate of drug-likeness (QED) is 0.297. The van der Waals surface area contributed by atoms with E-state index in [9.17, 15) is 0 Å². The van der Waals surface area contributed by atoms with Gasteiger partial charge in [0.25, 0.3) is 0 Å². The predicted molar refractivity (Wildman–Crippen MR) is 94.0 cm³/mol. The van der Waals surface area contributed by atoms with Crippen LogP contribution >= 0.6 is 34.1 Å². The maximum Gasteiger partial charge on any atom is 1.00 e. The molecule has 0 bridgehead atoms. The average molecular weight is 438 g/mol. The first-order valence-corrected chi connectivity index (χ1v) is 7.27. The average Bonchev–Trinajstić information content (AvgIpc) is 2.49. The first-order chi connectivity index (χ1) is 9.99. The second kappa shape index (κ2) is 22.0. The Morgan fingerprint density at radius 1 is 0.957 bits per heavy atom. The minimum absolute atomic E-state index is 0. The molecule has 0 aliphatic carbocycles. The minimum Gasteiger partial charge on any atom is 1.00 e. The Balaban J connectivity index is -0.000000115. The van der Waals surface area contributed by atoms with E-state index in [0.29, 0.717) is 0 Å². The van der Waals surface area contributed by atoms with Crippen LogP contribution in [0.2, 0.25) is 5.02 Å². The molecule has 2 aromatic carbocycles. The molecule has 0 spiro atoms.